The van der Waals surface area contributed by atoms with E-state index in [0.717, 1.165) is 22.4 Å². The van der Waals surface area contributed by atoms with E-state index in [2.05, 4.69) is 4.98 Å². The normalized spacial score (nSPS) is 12.6. The van der Waals surface area contributed by atoms with Gasteiger partial charge in [-0.2, -0.15) is 0 Å². The van der Waals surface area contributed by atoms with Crippen molar-refractivity contribution in [1.29, 1.82) is 0 Å². The number of para-hydroxylation sites is 2. The lowest BCUT2D eigenvalue weighted by atomic mass is 10.1. The number of hydrogen-bond donors (Lipinski definition) is 1. The molecule has 0 spiro atoms. The Morgan fingerprint density at radius 1 is 1.24 bits per heavy atom. The first-order chi connectivity index (χ1) is 10.1. The number of rotatable bonds is 3. The van der Waals surface area contributed by atoms with Crippen molar-refractivity contribution >= 4 is 22.6 Å². The number of aryl methyl sites for hydroxylation is 1. The van der Waals surface area contributed by atoms with Crippen molar-refractivity contribution < 1.29 is 4.74 Å². The third-order valence-electron chi connectivity index (χ3n) is 3.63. The van der Waals surface area contributed by atoms with Gasteiger partial charge in [-0.25, -0.2) is 4.98 Å². The molecule has 1 heterocycles. The van der Waals surface area contributed by atoms with Crippen LogP contribution in [-0.4, -0.2) is 16.7 Å². The van der Waals surface area contributed by atoms with Gasteiger partial charge >= 0.3 is 0 Å². The van der Waals surface area contributed by atoms with Gasteiger partial charge in [-0.3, -0.25) is 0 Å². The number of methoxy groups -OCH3 is 1. The molecule has 4 nitrogen and oxygen atoms in total. The molecule has 0 amide bonds. The second kappa shape index (κ2) is 5.39. The van der Waals surface area contributed by atoms with Crippen molar-refractivity contribution in [3.05, 3.63) is 58.9 Å². The van der Waals surface area contributed by atoms with E-state index in [4.69, 9.17) is 22.1 Å². The van der Waals surface area contributed by atoms with Gasteiger partial charge in [0, 0.05) is 17.6 Å². The summed E-state index contributed by atoms with van der Waals surface area (Å²) in [6.07, 6.45) is 0. The molecule has 108 valence electrons. The fraction of sp³-hybridized carbons (Fsp3) is 0.188. The average molecular weight is 302 g/mol. The van der Waals surface area contributed by atoms with Crippen molar-refractivity contribution in [3.8, 4) is 5.75 Å². The minimum atomic E-state index is -0.406. The van der Waals surface area contributed by atoms with E-state index in [1.807, 2.05) is 48.0 Å². The molecule has 0 saturated heterocycles. The van der Waals surface area contributed by atoms with Gasteiger partial charge in [-0.05, 0) is 30.3 Å². The van der Waals surface area contributed by atoms with Crippen LogP contribution >= 0.6 is 11.6 Å². The number of ether oxygens (including phenoxy) is 1. The number of benzene rings is 2. The first kappa shape index (κ1) is 13.9. The molecule has 3 rings (SSSR count). The van der Waals surface area contributed by atoms with Gasteiger partial charge in [0.05, 0.1) is 24.2 Å². The summed E-state index contributed by atoms with van der Waals surface area (Å²) in [7, 11) is 3.58. The molecule has 0 bridgehead atoms. The van der Waals surface area contributed by atoms with Crippen LogP contribution in [0, 0.1) is 0 Å². The SMILES string of the molecule is COc1ccc(Cl)cc1C(N)c1nc2ccccc2n1C. The Morgan fingerprint density at radius 3 is 2.71 bits per heavy atom. The maximum atomic E-state index is 6.40. The first-order valence-electron chi connectivity index (χ1n) is 6.62. The van der Waals surface area contributed by atoms with Gasteiger partial charge in [0.15, 0.2) is 0 Å². The van der Waals surface area contributed by atoms with Crippen molar-refractivity contribution in [3.63, 3.8) is 0 Å². The maximum Gasteiger partial charge on any atom is 0.131 e. The summed E-state index contributed by atoms with van der Waals surface area (Å²) in [5.41, 5.74) is 9.19. The Bertz CT molecular complexity index is 797. The number of halogens is 1. The second-order valence-corrected chi connectivity index (χ2v) is 5.32. The highest BCUT2D eigenvalue weighted by Gasteiger charge is 2.20. The van der Waals surface area contributed by atoms with Crippen molar-refractivity contribution in [2.45, 2.75) is 6.04 Å². The van der Waals surface area contributed by atoms with Gasteiger partial charge in [-0.1, -0.05) is 23.7 Å². The summed E-state index contributed by atoms with van der Waals surface area (Å²) >= 11 is 6.09. The molecule has 5 heteroatoms. The molecule has 1 atom stereocenters. The Balaban J connectivity index is 2.14. The van der Waals surface area contributed by atoms with Crippen LogP contribution < -0.4 is 10.5 Å². The molecule has 0 radical (unpaired) electrons. The third-order valence-corrected chi connectivity index (χ3v) is 3.86. The molecular formula is C16H16ClN3O. The van der Waals surface area contributed by atoms with Crippen LogP contribution in [-0.2, 0) is 7.05 Å². The van der Waals surface area contributed by atoms with Gasteiger partial charge < -0.3 is 15.0 Å². The van der Waals surface area contributed by atoms with Crippen molar-refractivity contribution in [2.75, 3.05) is 7.11 Å². The topological polar surface area (TPSA) is 53.1 Å². The van der Waals surface area contributed by atoms with Crippen LogP contribution in [0.5, 0.6) is 5.75 Å². The molecule has 0 aliphatic carbocycles. The van der Waals surface area contributed by atoms with Crippen LogP contribution in [0.2, 0.25) is 5.02 Å². The zero-order valence-electron chi connectivity index (χ0n) is 11.9. The number of nitrogens with zero attached hydrogens (tertiary/aromatic N) is 2. The fourth-order valence-corrected chi connectivity index (χ4v) is 2.71. The summed E-state index contributed by atoms with van der Waals surface area (Å²) in [5.74, 6) is 1.48. The molecule has 3 aromatic rings. The van der Waals surface area contributed by atoms with Crippen LogP contribution in [0.3, 0.4) is 0 Å². The van der Waals surface area contributed by atoms with Crippen LogP contribution in [0.15, 0.2) is 42.5 Å². The summed E-state index contributed by atoms with van der Waals surface area (Å²) in [5, 5.41) is 0.625. The van der Waals surface area contributed by atoms with Crippen LogP contribution in [0.25, 0.3) is 11.0 Å². The molecule has 1 unspecified atom stereocenters. The predicted molar refractivity (Wildman–Crippen MR) is 84.7 cm³/mol. The molecule has 2 aromatic carbocycles. The highest BCUT2D eigenvalue weighted by molar-refractivity contribution is 6.30. The van der Waals surface area contributed by atoms with E-state index in [-0.39, 0.29) is 0 Å². The average Bonchev–Trinajstić information content (AvgIpc) is 2.84. The number of aromatic nitrogens is 2. The van der Waals surface area contributed by atoms with E-state index < -0.39 is 6.04 Å². The minimum absolute atomic E-state index is 0.406. The summed E-state index contributed by atoms with van der Waals surface area (Å²) in [6, 6.07) is 13.0. The molecule has 0 aliphatic rings. The van der Waals surface area contributed by atoms with Gasteiger partial charge in [0.25, 0.3) is 0 Å². The van der Waals surface area contributed by atoms with E-state index in [1.54, 1.807) is 13.2 Å². The Morgan fingerprint density at radius 2 is 2.00 bits per heavy atom. The molecule has 21 heavy (non-hydrogen) atoms. The lowest BCUT2D eigenvalue weighted by Gasteiger charge is -2.16. The zero-order valence-corrected chi connectivity index (χ0v) is 12.6. The standard InChI is InChI=1S/C16H16ClN3O/c1-20-13-6-4-3-5-12(13)19-16(20)15(18)11-9-10(17)7-8-14(11)21-2/h3-9,15H,18H2,1-2H3. The minimum Gasteiger partial charge on any atom is -0.496 e. The number of imidazole rings is 1. The monoisotopic (exact) mass is 301 g/mol. The van der Waals surface area contributed by atoms with Crippen LogP contribution in [0.1, 0.15) is 17.4 Å². The summed E-state index contributed by atoms with van der Waals surface area (Å²) in [4.78, 5) is 4.63. The predicted octanol–water partition coefficient (Wildman–Crippen LogP) is 3.28. The van der Waals surface area contributed by atoms with Gasteiger partial charge in [-0.15, -0.1) is 0 Å². The largest absolute Gasteiger partial charge is 0.496 e. The lowest BCUT2D eigenvalue weighted by molar-refractivity contribution is 0.407. The highest BCUT2D eigenvalue weighted by Crippen LogP contribution is 2.31. The van der Waals surface area contributed by atoms with Crippen molar-refractivity contribution in [2.24, 2.45) is 12.8 Å². The van der Waals surface area contributed by atoms with Gasteiger partial charge in [0.2, 0.25) is 0 Å². The molecule has 1 aromatic heterocycles. The number of nitrogens with two attached hydrogens (primary N) is 1. The van der Waals surface area contributed by atoms with E-state index in [1.165, 1.54) is 0 Å². The highest BCUT2D eigenvalue weighted by atomic mass is 35.5. The Kier molecular flexibility index (Phi) is 3.57. The summed E-state index contributed by atoms with van der Waals surface area (Å²) < 4.78 is 7.38. The second-order valence-electron chi connectivity index (χ2n) is 4.88. The molecular weight excluding hydrogens is 286 g/mol. The fourth-order valence-electron chi connectivity index (χ4n) is 2.53. The molecule has 2 N–H and O–H groups in total. The first-order valence-corrected chi connectivity index (χ1v) is 7.00. The zero-order chi connectivity index (χ0) is 15.0. The van der Waals surface area contributed by atoms with E-state index >= 15 is 0 Å². The van der Waals surface area contributed by atoms with Crippen molar-refractivity contribution in [1.82, 2.24) is 9.55 Å². The molecule has 0 saturated carbocycles. The maximum absolute atomic E-state index is 6.40. The number of fused-ring (bicyclic) bond motifs is 1. The lowest BCUT2D eigenvalue weighted by Crippen LogP contribution is -2.17. The quantitative estimate of drug-likeness (QED) is 0.807. The molecule has 0 aliphatic heterocycles. The number of hydrogen-bond acceptors (Lipinski definition) is 3. The smallest absolute Gasteiger partial charge is 0.131 e. The van der Waals surface area contributed by atoms with Gasteiger partial charge in [0.1, 0.15) is 11.6 Å². The van der Waals surface area contributed by atoms with Crippen LogP contribution in [0.4, 0.5) is 0 Å². The Hall–Kier alpha value is -2.04. The summed E-state index contributed by atoms with van der Waals surface area (Å²) in [6.45, 7) is 0. The molecule has 0 fully saturated rings. The third kappa shape index (κ3) is 2.37. The van der Waals surface area contributed by atoms with E-state index in [0.29, 0.717) is 10.8 Å². The Labute approximate surface area is 128 Å². The van der Waals surface area contributed by atoms with E-state index in [9.17, 15) is 0 Å².